The molecule has 2 N–H and O–H groups in total. The molecule has 0 saturated carbocycles. The Morgan fingerprint density at radius 2 is 2.00 bits per heavy atom. The van der Waals surface area contributed by atoms with Gasteiger partial charge in [0, 0.05) is 38.2 Å². The molecule has 3 rings (SSSR count). The minimum Gasteiger partial charge on any atom is -0.383 e. The quantitative estimate of drug-likeness (QED) is 0.751. The molecular weight excluding hydrogens is 240 g/mol. The number of anilines is 1. The van der Waals surface area contributed by atoms with Crippen molar-refractivity contribution in [2.75, 3.05) is 5.73 Å². The summed E-state index contributed by atoms with van der Waals surface area (Å²) in [5, 5.41) is 8.84. The van der Waals surface area contributed by atoms with Crippen LogP contribution in [0.25, 0.3) is 22.5 Å². The van der Waals surface area contributed by atoms with Crippen molar-refractivity contribution in [2.24, 2.45) is 14.1 Å². The van der Waals surface area contributed by atoms with Gasteiger partial charge in [-0.3, -0.25) is 14.3 Å². The van der Waals surface area contributed by atoms with Crippen LogP contribution in [0.3, 0.4) is 0 Å². The van der Waals surface area contributed by atoms with E-state index in [0.717, 1.165) is 22.5 Å². The summed E-state index contributed by atoms with van der Waals surface area (Å²) in [5.41, 5.74) is 9.50. The van der Waals surface area contributed by atoms with Gasteiger partial charge in [0.25, 0.3) is 0 Å². The Labute approximate surface area is 110 Å². The van der Waals surface area contributed by atoms with Crippen LogP contribution in [0.1, 0.15) is 0 Å². The van der Waals surface area contributed by atoms with Gasteiger partial charge in [0.1, 0.15) is 17.2 Å². The molecule has 6 nitrogen and oxygen atoms in total. The second-order valence-electron chi connectivity index (χ2n) is 4.35. The normalized spacial score (nSPS) is 10.8. The fourth-order valence-electron chi connectivity index (χ4n) is 2.05. The van der Waals surface area contributed by atoms with E-state index in [1.54, 1.807) is 21.8 Å². The lowest BCUT2D eigenvalue weighted by molar-refractivity contribution is 0.760. The highest BCUT2D eigenvalue weighted by atomic mass is 15.3. The van der Waals surface area contributed by atoms with E-state index in [9.17, 15) is 0 Å². The van der Waals surface area contributed by atoms with Crippen LogP contribution in [-0.4, -0.2) is 24.5 Å². The van der Waals surface area contributed by atoms with E-state index in [0.29, 0.717) is 5.82 Å². The molecule has 3 aromatic rings. The highest BCUT2D eigenvalue weighted by Gasteiger charge is 2.18. The van der Waals surface area contributed by atoms with Crippen LogP contribution in [-0.2, 0) is 14.1 Å². The van der Waals surface area contributed by atoms with E-state index in [2.05, 4.69) is 15.2 Å². The number of nitrogen functional groups attached to an aromatic ring is 1. The van der Waals surface area contributed by atoms with Gasteiger partial charge in [0.15, 0.2) is 0 Å². The summed E-state index contributed by atoms with van der Waals surface area (Å²) in [6.07, 6.45) is 5.39. The van der Waals surface area contributed by atoms with Crippen molar-refractivity contribution < 1.29 is 0 Å². The first-order chi connectivity index (χ1) is 9.16. The van der Waals surface area contributed by atoms with Crippen LogP contribution in [0.5, 0.6) is 0 Å². The summed E-state index contributed by atoms with van der Waals surface area (Å²) < 4.78 is 3.40. The lowest BCUT2D eigenvalue weighted by Crippen LogP contribution is -1.98. The highest BCUT2D eigenvalue weighted by Crippen LogP contribution is 2.34. The Balaban J connectivity index is 2.24. The van der Waals surface area contributed by atoms with E-state index < -0.39 is 0 Å². The topological polar surface area (TPSA) is 74.5 Å². The second-order valence-corrected chi connectivity index (χ2v) is 4.35. The van der Waals surface area contributed by atoms with Crippen LogP contribution in [0.15, 0.2) is 36.8 Å². The Morgan fingerprint density at radius 3 is 2.63 bits per heavy atom. The van der Waals surface area contributed by atoms with Crippen molar-refractivity contribution in [1.29, 1.82) is 0 Å². The van der Waals surface area contributed by atoms with Gasteiger partial charge in [-0.25, -0.2) is 0 Å². The Bertz CT molecular complexity index is 710. The molecule has 0 atom stereocenters. The van der Waals surface area contributed by atoms with Gasteiger partial charge in [-0.05, 0) is 12.1 Å². The highest BCUT2D eigenvalue weighted by molar-refractivity contribution is 5.86. The van der Waals surface area contributed by atoms with Crippen LogP contribution in [0, 0.1) is 0 Å². The van der Waals surface area contributed by atoms with Crippen LogP contribution in [0.4, 0.5) is 5.82 Å². The molecular formula is C13H14N6. The lowest BCUT2D eigenvalue weighted by atomic mass is 10.1. The molecule has 19 heavy (non-hydrogen) atoms. The third kappa shape index (κ3) is 1.87. The summed E-state index contributed by atoms with van der Waals surface area (Å²) in [5.74, 6) is 0.605. The molecule has 6 heteroatoms. The molecule has 0 fully saturated rings. The van der Waals surface area contributed by atoms with E-state index in [1.807, 2.05) is 38.5 Å². The minimum atomic E-state index is 0.605. The third-order valence-electron chi connectivity index (χ3n) is 3.00. The predicted molar refractivity (Wildman–Crippen MR) is 73.1 cm³/mol. The van der Waals surface area contributed by atoms with Crippen molar-refractivity contribution in [2.45, 2.75) is 0 Å². The number of hydrogen-bond acceptors (Lipinski definition) is 4. The number of pyridine rings is 1. The number of hydrogen-bond donors (Lipinski definition) is 1. The van der Waals surface area contributed by atoms with E-state index in [4.69, 9.17) is 5.73 Å². The van der Waals surface area contributed by atoms with Gasteiger partial charge in [0.05, 0.1) is 5.56 Å². The van der Waals surface area contributed by atoms with Gasteiger partial charge in [-0.2, -0.15) is 10.2 Å². The van der Waals surface area contributed by atoms with E-state index in [-0.39, 0.29) is 0 Å². The molecule has 0 amide bonds. The standard InChI is InChI=1S/C13H14N6/c1-18-7-5-10(16-18)12-11(13(14)19(2)17-12)9-4-3-6-15-8-9/h3-8H,14H2,1-2H3. The molecule has 0 saturated heterocycles. The first-order valence-electron chi connectivity index (χ1n) is 5.89. The van der Waals surface area contributed by atoms with Crippen molar-refractivity contribution in [3.63, 3.8) is 0 Å². The third-order valence-corrected chi connectivity index (χ3v) is 3.00. The molecule has 0 bridgehead atoms. The van der Waals surface area contributed by atoms with Crippen LogP contribution in [0.2, 0.25) is 0 Å². The summed E-state index contributed by atoms with van der Waals surface area (Å²) in [7, 11) is 3.70. The van der Waals surface area contributed by atoms with Gasteiger partial charge < -0.3 is 5.73 Å². The summed E-state index contributed by atoms with van der Waals surface area (Å²) >= 11 is 0. The van der Waals surface area contributed by atoms with Gasteiger partial charge >= 0.3 is 0 Å². The van der Waals surface area contributed by atoms with Crippen molar-refractivity contribution >= 4 is 5.82 Å². The maximum absolute atomic E-state index is 6.12. The van der Waals surface area contributed by atoms with Crippen molar-refractivity contribution in [3.05, 3.63) is 36.8 Å². The number of nitrogens with zero attached hydrogens (tertiary/aromatic N) is 5. The summed E-state index contributed by atoms with van der Waals surface area (Å²) in [4.78, 5) is 4.13. The first kappa shape index (κ1) is 11.5. The zero-order valence-electron chi connectivity index (χ0n) is 10.8. The molecule has 0 aliphatic heterocycles. The zero-order valence-corrected chi connectivity index (χ0v) is 10.8. The van der Waals surface area contributed by atoms with Crippen molar-refractivity contribution in [1.82, 2.24) is 24.5 Å². The van der Waals surface area contributed by atoms with Gasteiger partial charge in [0.2, 0.25) is 0 Å². The molecule has 0 aliphatic rings. The lowest BCUT2D eigenvalue weighted by Gasteiger charge is -2.01. The van der Waals surface area contributed by atoms with Gasteiger partial charge in [-0.1, -0.05) is 6.07 Å². The maximum Gasteiger partial charge on any atom is 0.130 e. The molecule has 0 aliphatic carbocycles. The monoisotopic (exact) mass is 254 g/mol. The number of rotatable bonds is 2. The number of nitrogens with two attached hydrogens (primary N) is 1. The van der Waals surface area contributed by atoms with E-state index in [1.165, 1.54) is 0 Å². The minimum absolute atomic E-state index is 0.605. The molecule has 3 aromatic heterocycles. The van der Waals surface area contributed by atoms with Crippen LogP contribution >= 0.6 is 0 Å². The Morgan fingerprint density at radius 1 is 1.16 bits per heavy atom. The largest absolute Gasteiger partial charge is 0.383 e. The Kier molecular flexibility index (Phi) is 2.56. The van der Waals surface area contributed by atoms with Crippen molar-refractivity contribution in [3.8, 4) is 22.5 Å². The van der Waals surface area contributed by atoms with Crippen LogP contribution < -0.4 is 5.73 Å². The molecule has 3 heterocycles. The Hall–Kier alpha value is -2.63. The van der Waals surface area contributed by atoms with E-state index >= 15 is 0 Å². The van der Waals surface area contributed by atoms with Gasteiger partial charge in [-0.15, -0.1) is 0 Å². The zero-order chi connectivity index (χ0) is 13.4. The molecule has 0 spiro atoms. The predicted octanol–water partition coefficient (Wildman–Crippen LogP) is 1.46. The average Bonchev–Trinajstić information content (AvgIpc) is 2.96. The molecule has 0 unspecified atom stereocenters. The molecule has 0 aromatic carbocycles. The fraction of sp³-hybridized carbons (Fsp3) is 0.154. The maximum atomic E-state index is 6.12. The molecule has 0 radical (unpaired) electrons. The number of aryl methyl sites for hydroxylation is 2. The fourth-order valence-corrected chi connectivity index (χ4v) is 2.05. The molecule has 96 valence electrons. The average molecular weight is 254 g/mol. The number of aromatic nitrogens is 5. The smallest absolute Gasteiger partial charge is 0.130 e. The summed E-state index contributed by atoms with van der Waals surface area (Å²) in [6.45, 7) is 0. The summed E-state index contributed by atoms with van der Waals surface area (Å²) in [6, 6.07) is 5.76. The first-order valence-corrected chi connectivity index (χ1v) is 5.89. The second kappa shape index (κ2) is 4.24. The SMILES string of the molecule is Cn1ccc(-c2nn(C)c(N)c2-c2cccnc2)n1.